The number of aromatic hydroxyl groups is 1. The molecule has 5 rings (SSSR count). The third-order valence-corrected chi connectivity index (χ3v) is 6.08. The maximum Gasteiger partial charge on any atom is 0.294 e. The number of aromatic nitrogens is 1. The number of hydrogen-bond donors (Lipinski definition) is 2. The number of carbonyl (C=O) groups is 2. The van der Waals surface area contributed by atoms with Crippen molar-refractivity contribution >= 4 is 55.9 Å². The first-order valence-electron chi connectivity index (χ1n) is 9.74. The number of amides is 1. The molecule has 1 aliphatic rings. The van der Waals surface area contributed by atoms with Crippen molar-refractivity contribution in [3.63, 3.8) is 0 Å². The molecule has 0 fully saturated rings. The van der Waals surface area contributed by atoms with Crippen molar-refractivity contribution in [2.45, 2.75) is 6.04 Å². The molecule has 1 amide bonds. The molecule has 0 saturated carbocycles. The number of fused-ring (bicyclic) bond motifs is 1. The van der Waals surface area contributed by atoms with Gasteiger partial charge in [-0.15, -0.1) is 0 Å². The van der Waals surface area contributed by atoms with Crippen molar-refractivity contribution in [1.82, 2.24) is 4.98 Å². The summed E-state index contributed by atoms with van der Waals surface area (Å²) in [7, 11) is 0. The predicted molar refractivity (Wildman–Crippen MR) is 125 cm³/mol. The van der Waals surface area contributed by atoms with Crippen LogP contribution in [-0.4, -0.2) is 26.9 Å². The largest absolute Gasteiger partial charge is 0.506 e. The molecule has 0 bridgehead atoms. The average Bonchev–Trinajstić information content (AvgIpc) is 3.34. The molecule has 1 atom stereocenters. The number of benzene rings is 2. The lowest BCUT2D eigenvalue weighted by atomic mass is 9.96. The maximum atomic E-state index is 13.6. The van der Waals surface area contributed by atoms with Gasteiger partial charge in [0.2, 0.25) is 5.78 Å². The number of pyridine rings is 1. The fourth-order valence-corrected chi connectivity index (χ4v) is 4.43. The molecule has 3 heterocycles. The number of phenols is 1. The molecule has 7 nitrogen and oxygen atoms in total. The van der Waals surface area contributed by atoms with Crippen LogP contribution >= 0.6 is 27.5 Å². The van der Waals surface area contributed by atoms with Crippen LogP contribution in [0, 0.1) is 0 Å². The van der Waals surface area contributed by atoms with Crippen LogP contribution in [0.25, 0.3) is 11.0 Å². The highest BCUT2D eigenvalue weighted by Gasteiger charge is 2.46. The standard InChI is InChI=1S/C24H14BrClN2O5/c25-14-3-6-18-13(8-14)9-19(33-18)22(30)20-21(12-2-1-7-27-11-12)28(24(32)23(20)31)16-10-15(26)4-5-17(16)29/h1-11,21,29,31H. The average molecular weight is 526 g/mol. The van der Waals surface area contributed by atoms with Gasteiger partial charge in [-0.25, -0.2) is 0 Å². The van der Waals surface area contributed by atoms with Crippen LogP contribution in [0.5, 0.6) is 5.75 Å². The van der Waals surface area contributed by atoms with Gasteiger partial charge < -0.3 is 14.6 Å². The first kappa shape index (κ1) is 21.2. The van der Waals surface area contributed by atoms with Crippen LogP contribution in [0.3, 0.4) is 0 Å². The summed E-state index contributed by atoms with van der Waals surface area (Å²) in [6.07, 6.45) is 3.03. The number of halogens is 2. The number of furan rings is 1. The summed E-state index contributed by atoms with van der Waals surface area (Å²) in [6.45, 7) is 0. The van der Waals surface area contributed by atoms with E-state index in [2.05, 4.69) is 20.9 Å². The molecule has 0 aliphatic carbocycles. The highest BCUT2D eigenvalue weighted by molar-refractivity contribution is 9.10. The maximum absolute atomic E-state index is 13.6. The van der Waals surface area contributed by atoms with Crippen molar-refractivity contribution < 1.29 is 24.2 Å². The van der Waals surface area contributed by atoms with Crippen molar-refractivity contribution in [2.75, 3.05) is 4.90 Å². The molecule has 1 aliphatic heterocycles. The molecule has 33 heavy (non-hydrogen) atoms. The van der Waals surface area contributed by atoms with Gasteiger partial charge in [-0.3, -0.25) is 19.5 Å². The van der Waals surface area contributed by atoms with Crippen molar-refractivity contribution in [3.8, 4) is 5.75 Å². The van der Waals surface area contributed by atoms with E-state index >= 15 is 0 Å². The Kier molecular flexibility index (Phi) is 5.19. The normalized spacial score (nSPS) is 16.1. The number of nitrogens with zero attached hydrogens (tertiary/aromatic N) is 2. The fraction of sp³-hybridized carbons (Fsp3) is 0.0417. The minimum Gasteiger partial charge on any atom is -0.506 e. The van der Waals surface area contributed by atoms with Gasteiger partial charge in [-0.2, -0.15) is 0 Å². The summed E-state index contributed by atoms with van der Waals surface area (Å²) in [6, 6.07) is 13.3. The van der Waals surface area contributed by atoms with Crippen LogP contribution in [0.4, 0.5) is 5.69 Å². The number of aliphatic hydroxyl groups is 1. The molecule has 0 saturated heterocycles. The van der Waals surface area contributed by atoms with Crippen molar-refractivity contribution in [3.05, 3.63) is 99.1 Å². The van der Waals surface area contributed by atoms with E-state index in [1.54, 1.807) is 42.6 Å². The van der Waals surface area contributed by atoms with Gasteiger partial charge in [-0.1, -0.05) is 33.6 Å². The number of hydrogen-bond acceptors (Lipinski definition) is 6. The number of anilines is 1. The highest BCUT2D eigenvalue weighted by atomic mass is 79.9. The Morgan fingerprint density at radius 3 is 2.70 bits per heavy atom. The van der Waals surface area contributed by atoms with Crippen molar-refractivity contribution in [2.24, 2.45) is 0 Å². The Labute approximate surface area is 200 Å². The topological polar surface area (TPSA) is 104 Å². The molecular formula is C24H14BrClN2O5. The fourth-order valence-electron chi connectivity index (χ4n) is 3.89. The van der Waals surface area contributed by atoms with Crippen molar-refractivity contribution in [1.29, 1.82) is 0 Å². The molecule has 9 heteroatoms. The van der Waals surface area contributed by atoms with Gasteiger partial charge >= 0.3 is 0 Å². The number of aliphatic hydroxyl groups excluding tert-OH is 1. The number of carbonyl (C=O) groups excluding carboxylic acids is 2. The van der Waals surface area contributed by atoms with Gasteiger partial charge in [0.25, 0.3) is 5.91 Å². The SMILES string of the molecule is O=C(C1=C(O)C(=O)N(c2cc(Cl)ccc2O)C1c1cccnc1)c1cc2cc(Br)ccc2o1. The zero-order valence-corrected chi connectivity index (χ0v) is 19.0. The molecule has 0 radical (unpaired) electrons. The first-order valence-corrected chi connectivity index (χ1v) is 10.9. The molecule has 164 valence electrons. The van der Waals surface area contributed by atoms with E-state index in [9.17, 15) is 19.8 Å². The molecule has 2 aromatic heterocycles. The van der Waals surface area contributed by atoms with Crippen LogP contribution in [0.2, 0.25) is 5.02 Å². The van der Waals surface area contributed by atoms with Gasteiger partial charge in [0, 0.05) is 27.3 Å². The van der Waals surface area contributed by atoms with Gasteiger partial charge in [-0.05, 0) is 54.1 Å². The molecule has 2 N–H and O–H groups in total. The van der Waals surface area contributed by atoms with Crippen LogP contribution < -0.4 is 4.90 Å². The third kappa shape index (κ3) is 3.57. The second kappa shape index (κ2) is 8.06. The zero-order chi connectivity index (χ0) is 23.3. The number of Topliss-reactive ketones (excluding diaryl/α,β-unsaturated/α-hetero) is 1. The number of phenolic OH excluding ortho intramolecular Hbond substituents is 1. The Morgan fingerprint density at radius 2 is 1.94 bits per heavy atom. The Balaban J connectivity index is 1.68. The van der Waals surface area contributed by atoms with Gasteiger partial charge in [0.1, 0.15) is 11.3 Å². The van der Waals surface area contributed by atoms with E-state index in [-0.39, 0.29) is 27.8 Å². The Morgan fingerprint density at radius 1 is 1.12 bits per heavy atom. The van der Waals surface area contributed by atoms with E-state index in [1.807, 2.05) is 0 Å². The smallest absolute Gasteiger partial charge is 0.294 e. The van der Waals surface area contributed by atoms with E-state index < -0.39 is 23.5 Å². The summed E-state index contributed by atoms with van der Waals surface area (Å²) in [5.41, 5.74) is 0.791. The third-order valence-electron chi connectivity index (χ3n) is 5.35. The molecule has 2 aromatic carbocycles. The highest BCUT2D eigenvalue weighted by Crippen LogP contribution is 2.45. The predicted octanol–water partition coefficient (Wildman–Crippen LogP) is 5.73. The molecule has 4 aromatic rings. The van der Waals surface area contributed by atoms with Crippen LogP contribution in [-0.2, 0) is 4.79 Å². The summed E-state index contributed by atoms with van der Waals surface area (Å²) in [4.78, 5) is 31.9. The van der Waals surface area contributed by atoms with Crippen LogP contribution in [0.1, 0.15) is 22.2 Å². The van der Waals surface area contributed by atoms with E-state index in [0.717, 1.165) is 9.37 Å². The zero-order valence-electron chi connectivity index (χ0n) is 16.7. The summed E-state index contributed by atoms with van der Waals surface area (Å²) < 4.78 is 6.53. The summed E-state index contributed by atoms with van der Waals surface area (Å²) in [5.74, 6) is -2.54. The quantitative estimate of drug-likeness (QED) is 0.330. The monoisotopic (exact) mass is 524 g/mol. The van der Waals surface area contributed by atoms with E-state index in [1.165, 1.54) is 24.4 Å². The Bertz CT molecular complexity index is 1460. The van der Waals surface area contributed by atoms with E-state index in [0.29, 0.717) is 16.5 Å². The van der Waals surface area contributed by atoms with Gasteiger partial charge in [0.05, 0.1) is 17.3 Å². The molecule has 0 spiro atoms. The summed E-state index contributed by atoms with van der Waals surface area (Å²) in [5, 5.41) is 22.2. The van der Waals surface area contributed by atoms with Gasteiger partial charge in [0.15, 0.2) is 11.5 Å². The second-order valence-electron chi connectivity index (χ2n) is 7.38. The second-order valence-corrected chi connectivity index (χ2v) is 8.73. The Hall–Kier alpha value is -3.62. The van der Waals surface area contributed by atoms with E-state index in [4.69, 9.17) is 16.0 Å². The lowest BCUT2D eigenvalue weighted by Crippen LogP contribution is -2.31. The number of ketones is 1. The minimum atomic E-state index is -1.07. The summed E-state index contributed by atoms with van der Waals surface area (Å²) >= 11 is 9.48. The first-order chi connectivity index (χ1) is 15.8. The lowest BCUT2D eigenvalue weighted by molar-refractivity contribution is -0.117. The number of rotatable bonds is 4. The molecule has 1 unspecified atom stereocenters. The minimum absolute atomic E-state index is 0.0384. The molecular weight excluding hydrogens is 512 g/mol. The van der Waals surface area contributed by atoms with Crippen LogP contribution in [0.15, 0.2) is 87.2 Å². The lowest BCUT2D eigenvalue weighted by Gasteiger charge is -2.27.